The largest absolute Gasteiger partial charge is 0.307 e. The lowest BCUT2D eigenvalue weighted by Crippen LogP contribution is -2.34. The number of aryl methyl sites for hydroxylation is 3. The van der Waals surface area contributed by atoms with Crippen molar-refractivity contribution >= 4 is 21.4 Å². The van der Waals surface area contributed by atoms with E-state index in [0.717, 1.165) is 6.54 Å². The molecule has 0 radical (unpaired) electrons. The standard InChI is InChI=1S/C16H23NS/c1-10-7-11(2)15-13(8-10)12(3)14(18-15)9-17-16(4,5)6/h7-8,17H,9H2,1-6H3. The van der Waals surface area contributed by atoms with Crippen molar-refractivity contribution in [2.75, 3.05) is 0 Å². The van der Waals surface area contributed by atoms with Gasteiger partial charge in [-0.25, -0.2) is 0 Å². The molecule has 0 aliphatic heterocycles. The normalized spacial score (nSPS) is 12.3. The first kappa shape index (κ1) is 13.6. The maximum atomic E-state index is 3.58. The molecule has 0 aliphatic carbocycles. The summed E-state index contributed by atoms with van der Waals surface area (Å²) in [5.41, 5.74) is 4.38. The summed E-state index contributed by atoms with van der Waals surface area (Å²) in [6, 6.07) is 4.59. The highest BCUT2D eigenvalue weighted by Crippen LogP contribution is 2.34. The zero-order valence-electron chi connectivity index (χ0n) is 12.3. The third-order valence-corrected chi connectivity index (χ3v) is 4.69. The van der Waals surface area contributed by atoms with E-state index in [9.17, 15) is 0 Å². The first-order valence-corrected chi connectivity index (χ1v) is 7.34. The van der Waals surface area contributed by atoms with Crippen molar-refractivity contribution in [1.29, 1.82) is 0 Å². The fourth-order valence-corrected chi connectivity index (χ4v) is 3.43. The predicted octanol–water partition coefficient (Wildman–Crippen LogP) is 4.71. The fraction of sp³-hybridized carbons (Fsp3) is 0.500. The first-order chi connectivity index (χ1) is 8.28. The molecule has 2 rings (SSSR count). The Bertz CT molecular complexity index is 573. The minimum atomic E-state index is 0.174. The first-order valence-electron chi connectivity index (χ1n) is 6.52. The van der Waals surface area contributed by atoms with Crippen LogP contribution in [0.15, 0.2) is 12.1 Å². The van der Waals surface area contributed by atoms with Crippen LogP contribution < -0.4 is 5.32 Å². The van der Waals surface area contributed by atoms with Gasteiger partial charge in [-0.2, -0.15) is 0 Å². The summed E-state index contributed by atoms with van der Waals surface area (Å²) in [5, 5.41) is 5.02. The van der Waals surface area contributed by atoms with Crippen molar-refractivity contribution in [2.45, 2.75) is 53.6 Å². The number of benzene rings is 1. The van der Waals surface area contributed by atoms with Crippen molar-refractivity contribution in [3.63, 3.8) is 0 Å². The van der Waals surface area contributed by atoms with E-state index in [-0.39, 0.29) is 5.54 Å². The molecule has 0 fully saturated rings. The van der Waals surface area contributed by atoms with Crippen molar-refractivity contribution in [2.24, 2.45) is 0 Å². The highest BCUT2D eigenvalue weighted by atomic mass is 32.1. The van der Waals surface area contributed by atoms with Crippen LogP contribution in [0.25, 0.3) is 10.1 Å². The van der Waals surface area contributed by atoms with Crippen LogP contribution in [0.4, 0.5) is 0 Å². The Labute approximate surface area is 114 Å². The summed E-state index contributed by atoms with van der Waals surface area (Å²) in [7, 11) is 0. The van der Waals surface area contributed by atoms with Crippen molar-refractivity contribution < 1.29 is 0 Å². The van der Waals surface area contributed by atoms with Gasteiger partial charge in [-0.1, -0.05) is 17.7 Å². The summed E-state index contributed by atoms with van der Waals surface area (Å²) in [4.78, 5) is 1.47. The second-order valence-electron chi connectivity index (χ2n) is 6.21. The molecule has 2 aromatic rings. The molecular formula is C16H23NS. The van der Waals surface area contributed by atoms with Gasteiger partial charge in [-0.3, -0.25) is 0 Å². The summed E-state index contributed by atoms with van der Waals surface area (Å²) in [5.74, 6) is 0. The molecule has 0 spiro atoms. The summed E-state index contributed by atoms with van der Waals surface area (Å²) in [6.45, 7) is 14.2. The number of fused-ring (bicyclic) bond motifs is 1. The Balaban J connectivity index is 2.41. The molecule has 18 heavy (non-hydrogen) atoms. The molecule has 1 aromatic carbocycles. The Morgan fingerprint density at radius 3 is 2.39 bits per heavy atom. The Hall–Kier alpha value is -0.860. The molecule has 98 valence electrons. The van der Waals surface area contributed by atoms with Crippen molar-refractivity contribution in [3.05, 3.63) is 33.7 Å². The second kappa shape index (κ2) is 4.67. The van der Waals surface area contributed by atoms with E-state index in [0.29, 0.717) is 0 Å². The van der Waals surface area contributed by atoms with Gasteiger partial charge in [0, 0.05) is 21.7 Å². The van der Waals surface area contributed by atoms with E-state index < -0.39 is 0 Å². The Morgan fingerprint density at radius 1 is 1.11 bits per heavy atom. The van der Waals surface area contributed by atoms with Gasteiger partial charge in [0.25, 0.3) is 0 Å². The van der Waals surface area contributed by atoms with E-state index in [1.807, 2.05) is 11.3 Å². The second-order valence-corrected chi connectivity index (χ2v) is 7.32. The van der Waals surface area contributed by atoms with Crippen LogP contribution in [0.1, 0.15) is 42.3 Å². The van der Waals surface area contributed by atoms with Gasteiger partial charge in [0.1, 0.15) is 0 Å². The highest BCUT2D eigenvalue weighted by Gasteiger charge is 2.14. The van der Waals surface area contributed by atoms with E-state index in [2.05, 4.69) is 59.0 Å². The maximum Gasteiger partial charge on any atom is 0.0378 e. The number of hydrogen-bond donors (Lipinski definition) is 1. The van der Waals surface area contributed by atoms with Crippen LogP contribution >= 0.6 is 11.3 Å². The van der Waals surface area contributed by atoms with E-state index >= 15 is 0 Å². The maximum absolute atomic E-state index is 3.58. The van der Waals surface area contributed by atoms with E-state index in [4.69, 9.17) is 0 Å². The van der Waals surface area contributed by atoms with Crippen LogP contribution in [-0.2, 0) is 6.54 Å². The molecule has 0 atom stereocenters. The number of hydrogen-bond acceptors (Lipinski definition) is 2. The lowest BCUT2D eigenvalue weighted by molar-refractivity contribution is 0.426. The van der Waals surface area contributed by atoms with Gasteiger partial charge >= 0.3 is 0 Å². The minimum absolute atomic E-state index is 0.174. The number of nitrogens with one attached hydrogen (secondary N) is 1. The summed E-state index contributed by atoms with van der Waals surface area (Å²) >= 11 is 1.94. The zero-order valence-corrected chi connectivity index (χ0v) is 13.1. The van der Waals surface area contributed by atoms with Crippen molar-refractivity contribution in [1.82, 2.24) is 5.32 Å². The predicted molar refractivity (Wildman–Crippen MR) is 82.6 cm³/mol. The van der Waals surface area contributed by atoms with Crippen LogP contribution in [0.3, 0.4) is 0 Å². The van der Waals surface area contributed by atoms with Gasteiger partial charge in [-0.15, -0.1) is 11.3 Å². The zero-order chi connectivity index (χ0) is 13.5. The average Bonchev–Trinajstić information content (AvgIpc) is 2.53. The highest BCUT2D eigenvalue weighted by molar-refractivity contribution is 7.19. The van der Waals surface area contributed by atoms with Crippen molar-refractivity contribution in [3.8, 4) is 0 Å². The van der Waals surface area contributed by atoms with Gasteiger partial charge in [0.15, 0.2) is 0 Å². The molecule has 0 unspecified atom stereocenters. The molecule has 1 N–H and O–H groups in total. The molecule has 1 aromatic heterocycles. The minimum Gasteiger partial charge on any atom is -0.307 e. The lowest BCUT2D eigenvalue weighted by Gasteiger charge is -2.20. The molecular weight excluding hydrogens is 238 g/mol. The third kappa shape index (κ3) is 2.76. The Morgan fingerprint density at radius 2 is 1.78 bits per heavy atom. The molecule has 0 saturated carbocycles. The van der Waals surface area contributed by atoms with E-state index in [1.54, 1.807) is 0 Å². The lowest BCUT2D eigenvalue weighted by atomic mass is 10.1. The van der Waals surface area contributed by atoms with Gasteiger partial charge in [0.05, 0.1) is 0 Å². The number of thiophene rings is 1. The summed E-state index contributed by atoms with van der Waals surface area (Å²) in [6.07, 6.45) is 0. The molecule has 0 bridgehead atoms. The molecule has 1 nitrogen and oxygen atoms in total. The third-order valence-electron chi connectivity index (χ3n) is 3.25. The van der Waals surface area contributed by atoms with Crippen LogP contribution in [0, 0.1) is 20.8 Å². The average molecular weight is 261 g/mol. The number of rotatable bonds is 2. The SMILES string of the molecule is Cc1cc(C)c2sc(CNC(C)(C)C)c(C)c2c1. The molecule has 1 heterocycles. The van der Waals surface area contributed by atoms with Gasteiger partial charge in [0.2, 0.25) is 0 Å². The fourth-order valence-electron chi connectivity index (χ4n) is 2.23. The molecule has 2 heteroatoms. The topological polar surface area (TPSA) is 12.0 Å². The monoisotopic (exact) mass is 261 g/mol. The molecule has 0 amide bonds. The summed E-state index contributed by atoms with van der Waals surface area (Å²) < 4.78 is 1.45. The molecule has 0 aliphatic rings. The molecule has 0 saturated heterocycles. The van der Waals surface area contributed by atoms with Crippen LogP contribution in [-0.4, -0.2) is 5.54 Å². The smallest absolute Gasteiger partial charge is 0.0378 e. The quantitative estimate of drug-likeness (QED) is 0.825. The Kier molecular flexibility index (Phi) is 3.52. The van der Waals surface area contributed by atoms with Crippen LogP contribution in [0.2, 0.25) is 0 Å². The van der Waals surface area contributed by atoms with Gasteiger partial charge < -0.3 is 5.32 Å². The van der Waals surface area contributed by atoms with E-state index in [1.165, 1.54) is 31.7 Å². The van der Waals surface area contributed by atoms with Crippen LogP contribution in [0.5, 0.6) is 0 Å². The van der Waals surface area contributed by atoms with Gasteiger partial charge in [-0.05, 0) is 58.1 Å².